The maximum Gasteiger partial charge on any atom is 0.312 e. The number of rotatable bonds is 5. The van der Waals surface area contributed by atoms with Crippen LogP contribution in [0.4, 0.5) is 0 Å². The van der Waals surface area contributed by atoms with Crippen LogP contribution < -0.4 is 0 Å². The molecule has 2 aliphatic heterocycles. The molecule has 2 saturated heterocycles. The third-order valence-corrected chi connectivity index (χ3v) is 9.45. The molecule has 3 aliphatic carbocycles. The molecule has 5 fully saturated rings. The van der Waals surface area contributed by atoms with E-state index in [-0.39, 0.29) is 34.6 Å². The summed E-state index contributed by atoms with van der Waals surface area (Å²) in [6.45, 7) is 12.0. The topological polar surface area (TPSA) is 51.4 Å². The van der Waals surface area contributed by atoms with Crippen LogP contribution in [0.2, 0.25) is 0 Å². The van der Waals surface area contributed by atoms with E-state index >= 15 is 0 Å². The normalized spacial score (nSPS) is 53.5. The molecule has 0 N–H and O–H groups in total. The fraction of sp³-hybridized carbons (Fsp3) is 0.958. The van der Waals surface area contributed by atoms with Gasteiger partial charge in [0.2, 0.25) is 0 Å². The van der Waals surface area contributed by atoms with Gasteiger partial charge in [-0.3, -0.25) is 4.79 Å². The third kappa shape index (κ3) is 2.46. The molecular weight excluding hydrogens is 352 g/mol. The van der Waals surface area contributed by atoms with Gasteiger partial charge in [-0.1, -0.05) is 34.1 Å². The lowest BCUT2D eigenvalue weighted by Crippen LogP contribution is -2.54. The molecule has 0 bridgehead atoms. The van der Waals surface area contributed by atoms with Crippen LogP contribution in [0.1, 0.15) is 79.6 Å². The lowest BCUT2D eigenvalue weighted by Gasteiger charge is -2.53. The van der Waals surface area contributed by atoms with E-state index in [4.69, 9.17) is 14.2 Å². The number of esters is 1. The summed E-state index contributed by atoms with van der Waals surface area (Å²) in [5.41, 5.74) is -0.133. The summed E-state index contributed by atoms with van der Waals surface area (Å²) in [5.74, 6) is 1.95. The van der Waals surface area contributed by atoms with Gasteiger partial charge in [-0.2, -0.15) is 0 Å². The minimum Gasteiger partial charge on any atom is -0.465 e. The number of carbonyl (C=O) groups is 1. The molecule has 0 unspecified atom stereocenters. The van der Waals surface area contributed by atoms with Gasteiger partial charge >= 0.3 is 5.97 Å². The molecule has 0 aromatic heterocycles. The van der Waals surface area contributed by atoms with E-state index in [2.05, 4.69) is 34.6 Å². The van der Waals surface area contributed by atoms with Crippen LogP contribution in [0.25, 0.3) is 0 Å². The smallest absolute Gasteiger partial charge is 0.312 e. The summed E-state index contributed by atoms with van der Waals surface area (Å²) in [4.78, 5) is 13.6. The van der Waals surface area contributed by atoms with Crippen LogP contribution in [0.3, 0.4) is 0 Å². The largest absolute Gasteiger partial charge is 0.465 e. The van der Waals surface area contributed by atoms with Crippen LogP contribution in [0.15, 0.2) is 0 Å². The van der Waals surface area contributed by atoms with E-state index in [1.165, 1.54) is 0 Å². The average molecular weight is 391 g/mol. The second-order valence-electron chi connectivity index (χ2n) is 11.3. The van der Waals surface area contributed by atoms with E-state index in [0.29, 0.717) is 36.4 Å². The first-order valence-corrected chi connectivity index (χ1v) is 11.8. The molecule has 4 nitrogen and oxygen atoms in total. The highest BCUT2D eigenvalue weighted by Gasteiger charge is 2.77. The van der Waals surface area contributed by atoms with Gasteiger partial charge in [0.15, 0.2) is 0 Å². The molecule has 2 heterocycles. The monoisotopic (exact) mass is 390 g/mol. The number of hydrogen-bond acceptors (Lipinski definition) is 4. The van der Waals surface area contributed by atoms with Crippen LogP contribution in [-0.2, 0) is 19.0 Å². The van der Waals surface area contributed by atoms with Crippen molar-refractivity contribution in [2.24, 2.45) is 34.5 Å². The minimum atomic E-state index is -0.293. The Hall–Kier alpha value is -0.610. The van der Waals surface area contributed by atoms with Crippen molar-refractivity contribution in [3.05, 3.63) is 0 Å². The van der Waals surface area contributed by atoms with E-state index in [0.717, 1.165) is 44.9 Å². The highest BCUT2D eigenvalue weighted by molar-refractivity contribution is 5.78. The minimum absolute atomic E-state index is 0.0641. The average Bonchev–Trinajstić information content (AvgIpc) is 3.50. The second-order valence-corrected chi connectivity index (χ2v) is 11.3. The second kappa shape index (κ2) is 6.20. The van der Waals surface area contributed by atoms with Gasteiger partial charge in [0, 0.05) is 0 Å². The summed E-state index contributed by atoms with van der Waals surface area (Å²) in [6.07, 6.45) is 8.43. The fourth-order valence-electron chi connectivity index (χ4n) is 7.85. The maximum atomic E-state index is 13.6. The van der Waals surface area contributed by atoms with Crippen molar-refractivity contribution >= 4 is 5.97 Å². The SMILES string of the molecule is CCCCOC(=O)[C@]12CC[C@@]3(C)C[C@H]4O[C@@]4(C)[C@H]4O[C@H]4[C@H]3[C@@H]1CC[C@@H]2C(C)C. The number of epoxide rings is 2. The molecule has 0 aromatic carbocycles. The van der Waals surface area contributed by atoms with E-state index < -0.39 is 0 Å². The molecule has 5 aliphatic rings. The van der Waals surface area contributed by atoms with Gasteiger partial charge in [-0.25, -0.2) is 0 Å². The highest BCUT2D eigenvalue weighted by atomic mass is 16.7. The van der Waals surface area contributed by atoms with Crippen molar-refractivity contribution in [3.8, 4) is 0 Å². The zero-order valence-corrected chi connectivity index (χ0v) is 18.3. The fourth-order valence-corrected chi connectivity index (χ4v) is 7.85. The Bertz CT molecular complexity index is 661. The number of carbonyl (C=O) groups excluding carboxylic acids is 1. The van der Waals surface area contributed by atoms with Crippen molar-refractivity contribution in [2.45, 2.75) is 103 Å². The summed E-state index contributed by atoms with van der Waals surface area (Å²) in [7, 11) is 0. The van der Waals surface area contributed by atoms with Gasteiger partial charge in [-0.15, -0.1) is 0 Å². The molecule has 0 spiro atoms. The molecule has 0 amide bonds. The first-order valence-electron chi connectivity index (χ1n) is 11.8. The predicted octanol–water partition coefficient (Wildman–Crippen LogP) is 4.74. The summed E-state index contributed by atoms with van der Waals surface area (Å²) in [6, 6.07) is 0. The zero-order valence-electron chi connectivity index (χ0n) is 18.3. The Morgan fingerprint density at radius 2 is 2.00 bits per heavy atom. The molecular formula is C24H38O4. The molecule has 0 aromatic rings. The molecule has 3 saturated carbocycles. The van der Waals surface area contributed by atoms with Gasteiger partial charge in [-0.05, 0) is 74.5 Å². The van der Waals surface area contributed by atoms with Gasteiger partial charge < -0.3 is 14.2 Å². The number of hydrogen-bond donors (Lipinski definition) is 0. The number of fused-ring (bicyclic) bond motifs is 7. The molecule has 9 atom stereocenters. The first-order chi connectivity index (χ1) is 13.3. The molecule has 28 heavy (non-hydrogen) atoms. The Morgan fingerprint density at radius 1 is 1.21 bits per heavy atom. The Kier molecular flexibility index (Phi) is 4.29. The van der Waals surface area contributed by atoms with E-state index in [1.54, 1.807) is 0 Å². The van der Waals surface area contributed by atoms with Crippen LogP contribution >= 0.6 is 0 Å². The quantitative estimate of drug-likeness (QED) is 0.386. The van der Waals surface area contributed by atoms with Crippen LogP contribution in [0, 0.1) is 34.5 Å². The van der Waals surface area contributed by atoms with Crippen molar-refractivity contribution < 1.29 is 19.0 Å². The van der Waals surface area contributed by atoms with Crippen LogP contribution in [-0.4, -0.2) is 36.5 Å². The molecule has 5 rings (SSSR count). The van der Waals surface area contributed by atoms with Crippen LogP contribution in [0.5, 0.6) is 0 Å². The number of ether oxygens (including phenoxy) is 3. The summed E-state index contributed by atoms with van der Waals surface area (Å²) in [5, 5.41) is 0. The predicted molar refractivity (Wildman–Crippen MR) is 107 cm³/mol. The highest BCUT2D eigenvalue weighted by Crippen LogP contribution is 2.71. The van der Waals surface area contributed by atoms with Crippen molar-refractivity contribution in [2.75, 3.05) is 6.61 Å². The van der Waals surface area contributed by atoms with E-state index in [9.17, 15) is 4.79 Å². The standard InChI is InChI=1S/C24H38O4/c1-6-7-12-26-21(25)24-11-10-22(4)13-17-23(5,28-17)20-19(27-20)18(22)16(24)9-8-15(24)14(2)3/h14-20H,6-13H2,1-5H3/t15-,16+,17-,18-,19+,20+,22+,23-,24+/m1/s1. The molecule has 158 valence electrons. The van der Waals surface area contributed by atoms with Crippen molar-refractivity contribution in [3.63, 3.8) is 0 Å². The number of unbranched alkanes of at least 4 members (excludes halogenated alkanes) is 1. The molecule has 0 radical (unpaired) electrons. The third-order valence-electron chi connectivity index (χ3n) is 9.45. The Morgan fingerprint density at radius 3 is 2.71 bits per heavy atom. The molecule has 4 heteroatoms. The summed E-state index contributed by atoms with van der Waals surface area (Å²) >= 11 is 0. The zero-order chi connectivity index (χ0) is 19.9. The Balaban J connectivity index is 1.49. The first kappa shape index (κ1) is 19.4. The lowest BCUT2D eigenvalue weighted by molar-refractivity contribution is -0.175. The van der Waals surface area contributed by atoms with Crippen molar-refractivity contribution in [1.29, 1.82) is 0 Å². The Labute approximate surface area is 170 Å². The van der Waals surface area contributed by atoms with E-state index in [1.807, 2.05) is 0 Å². The maximum absolute atomic E-state index is 13.6. The van der Waals surface area contributed by atoms with Gasteiger partial charge in [0.25, 0.3) is 0 Å². The summed E-state index contributed by atoms with van der Waals surface area (Å²) < 4.78 is 18.4. The lowest BCUT2D eigenvalue weighted by atomic mass is 9.50. The van der Waals surface area contributed by atoms with Gasteiger partial charge in [0.1, 0.15) is 11.7 Å². The van der Waals surface area contributed by atoms with Crippen molar-refractivity contribution in [1.82, 2.24) is 0 Å². The van der Waals surface area contributed by atoms with Gasteiger partial charge in [0.05, 0.1) is 24.2 Å².